The molecule has 0 saturated heterocycles. The zero-order valence-electron chi connectivity index (χ0n) is 19.6. The van der Waals surface area contributed by atoms with E-state index in [2.05, 4.69) is 59.7 Å². The Hall–Kier alpha value is -2.69. The van der Waals surface area contributed by atoms with Crippen molar-refractivity contribution < 1.29 is 9.84 Å². The first kappa shape index (κ1) is 24.0. The van der Waals surface area contributed by atoms with Crippen molar-refractivity contribution in [1.29, 1.82) is 0 Å². The van der Waals surface area contributed by atoms with Crippen LogP contribution in [0.3, 0.4) is 0 Å². The smallest absolute Gasteiger partial charge is 0.119 e. The van der Waals surface area contributed by atoms with Gasteiger partial charge in [-0.15, -0.1) is 0 Å². The van der Waals surface area contributed by atoms with Gasteiger partial charge in [-0.3, -0.25) is 4.98 Å². The third kappa shape index (κ3) is 7.18. The first-order valence-corrected chi connectivity index (χ1v) is 11.6. The van der Waals surface area contributed by atoms with Crippen LogP contribution in [0.25, 0.3) is 17.0 Å². The van der Waals surface area contributed by atoms with E-state index in [1.165, 1.54) is 16.5 Å². The van der Waals surface area contributed by atoms with E-state index in [0.29, 0.717) is 6.04 Å². The number of nitrogens with one attached hydrogen (secondary N) is 1. The minimum atomic E-state index is -0.432. The maximum Gasteiger partial charge on any atom is 0.119 e. The molecule has 0 radical (unpaired) electrons. The molecule has 0 atom stereocenters. The van der Waals surface area contributed by atoms with Crippen LogP contribution < -0.4 is 10.1 Å². The van der Waals surface area contributed by atoms with Crippen LogP contribution in [0.1, 0.15) is 50.7 Å². The Bertz CT molecular complexity index is 989. The summed E-state index contributed by atoms with van der Waals surface area (Å²) in [5, 5.41) is 14.6. The third-order valence-electron chi connectivity index (χ3n) is 6.12. The lowest BCUT2D eigenvalue weighted by Gasteiger charge is -2.33. The summed E-state index contributed by atoms with van der Waals surface area (Å²) < 4.78 is 5.19. The van der Waals surface area contributed by atoms with Crippen molar-refractivity contribution in [3.63, 3.8) is 0 Å². The number of fused-ring (bicyclic) bond motifs is 1. The molecule has 0 aliphatic heterocycles. The highest BCUT2D eigenvalue weighted by Gasteiger charge is 2.27. The van der Waals surface area contributed by atoms with E-state index in [4.69, 9.17) is 4.74 Å². The van der Waals surface area contributed by atoms with Crippen molar-refractivity contribution in [3.8, 4) is 5.75 Å². The summed E-state index contributed by atoms with van der Waals surface area (Å²) in [7, 11) is 1.68. The van der Waals surface area contributed by atoms with Crippen molar-refractivity contribution >= 4 is 17.0 Å². The molecule has 4 heteroatoms. The van der Waals surface area contributed by atoms with Crippen LogP contribution in [0.4, 0.5) is 0 Å². The highest BCUT2D eigenvalue weighted by molar-refractivity contribution is 5.83. The summed E-state index contributed by atoms with van der Waals surface area (Å²) in [6.07, 6.45) is 11.2. The van der Waals surface area contributed by atoms with Gasteiger partial charge in [-0.1, -0.05) is 49.4 Å². The van der Waals surface area contributed by atoms with Gasteiger partial charge in [0.15, 0.2) is 0 Å². The lowest BCUT2D eigenvalue weighted by atomic mass is 9.84. The third-order valence-corrected chi connectivity index (χ3v) is 6.12. The molecule has 1 aromatic heterocycles. The van der Waals surface area contributed by atoms with Crippen molar-refractivity contribution in [2.24, 2.45) is 0 Å². The number of aliphatic hydroxyl groups is 1. The molecule has 4 nitrogen and oxygen atoms in total. The number of benzene rings is 2. The van der Waals surface area contributed by atoms with Crippen LogP contribution in [0.15, 0.2) is 66.9 Å². The lowest BCUT2D eigenvalue weighted by Crippen LogP contribution is -2.39. The molecule has 1 aliphatic rings. The molecule has 1 fully saturated rings. The van der Waals surface area contributed by atoms with E-state index in [1.54, 1.807) is 7.11 Å². The monoisotopic (exact) mass is 432 g/mol. The number of pyridine rings is 1. The Kier molecular flexibility index (Phi) is 8.83. The molecule has 1 aliphatic carbocycles. The Morgan fingerprint density at radius 2 is 1.88 bits per heavy atom. The molecular weight excluding hydrogens is 396 g/mol. The number of hydrogen-bond donors (Lipinski definition) is 2. The number of nitrogens with zero attached hydrogens (tertiary/aromatic N) is 1. The zero-order chi connectivity index (χ0) is 22.8. The van der Waals surface area contributed by atoms with Crippen molar-refractivity contribution in [2.45, 2.75) is 57.6 Å². The predicted octanol–water partition coefficient (Wildman–Crippen LogP) is 5.79. The van der Waals surface area contributed by atoms with Crippen molar-refractivity contribution in [1.82, 2.24) is 10.3 Å². The summed E-state index contributed by atoms with van der Waals surface area (Å²) in [5.41, 5.74) is 3.16. The fraction of sp³-hybridized carbons (Fsp3) is 0.393. The van der Waals surface area contributed by atoms with Crippen LogP contribution in [0, 0.1) is 0 Å². The van der Waals surface area contributed by atoms with Crippen LogP contribution in [-0.4, -0.2) is 35.4 Å². The molecule has 170 valence electrons. The Balaban J connectivity index is 0.000000186. The second kappa shape index (κ2) is 11.8. The largest absolute Gasteiger partial charge is 0.497 e. The van der Waals surface area contributed by atoms with Crippen LogP contribution >= 0.6 is 0 Å². The number of methoxy groups -OCH3 is 1. The fourth-order valence-electron chi connectivity index (χ4n) is 4.06. The number of ether oxygens (including phenoxy) is 1. The zero-order valence-corrected chi connectivity index (χ0v) is 19.6. The average Bonchev–Trinajstić information content (AvgIpc) is 2.83. The normalized spacial score (nSPS) is 20.7. The van der Waals surface area contributed by atoms with Crippen molar-refractivity contribution in [3.05, 3.63) is 78.0 Å². The second-order valence-electron chi connectivity index (χ2n) is 8.70. The second-order valence-corrected chi connectivity index (χ2v) is 8.70. The summed E-state index contributed by atoms with van der Waals surface area (Å²) in [4.78, 5) is 4.31. The molecule has 2 aromatic carbocycles. The van der Waals surface area contributed by atoms with Gasteiger partial charge in [-0.25, -0.2) is 0 Å². The van der Waals surface area contributed by atoms with E-state index in [9.17, 15) is 5.11 Å². The highest BCUT2D eigenvalue weighted by Crippen LogP contribution is 2.27. The lowest BCUT2D eigenvalue weighted by molar-refractivity contribution is 0.0145. The highest BCUT2D eigenvalue weighted by atomic mass is 16.5. The van der Waals surface area contributed by atoms with Gasteiger partial charge >= 0.3 is 0 Å². The molecule has 1 saturated carbocycles. The topological polar surface area (TPSA) is 54.4 Å². The Morgan fingerprint density at radius 3 is 2.56 bits per heavy atom. The van der Waals surface area contributed by atoms with Crippen LogP contribution in [-0.2, 0) is 6.42 Å². The van der Waals surface area contributed by atoms with Gasteiger partial charge in [0, 0.05) is 24.2 Å². The molecule has 0 amide bonds. The molecular formula is C28H36N2O2. The van der Waals surface area contributed by atoms with E-state index in [0.717, 1.165) is 49.9 Å². The van der Waals surface area contributed by atoms with E-state index < -0.39 is 5.60 Å². The summed E-state index contributed by atoms with van der Waals surface area (Å²) in [5.74, 6) is 0.889. The SMILES string of the molecule is CC1(O)CCC(NC/C=C/c2ccccc2)CC1.CCc1ccnc2ccc(OC)cc12. The molecule has 0 bridgehead atoms. The quantitative estimate of drug-likeness (QED) is 0.518. The van der Waals surface area contributed by atoms with Crippen molar-refractivity contribution in [2.75, 3.05) is 13.7 Å². The van der Waals surface area contributed by atoms with E-state index in [1.807, 2.05) is 37.4 Å². The summed E-state index contributed by atoms with van der Waals surface area (Å²) >= 11 is 0. The Morgan fingerprint density at radius 1 is 1.12 bits per heavy atom. The van der Waals surface area contributed by atoms with Gasteiger partial charge in [0.2, 0.25) is 0 Å². The average molecular weight is 433 g/mol. The molecule has 1 heterocycles. The van der Waals surface area contributed by atoms with E-state index >= 15 is 0 Å². The summed E-state index contributed by atoms with van der Waals surface area (Å²) in [6.45, 7) is 4.99. The van der Waals surface area contributed by atoms with Crippen LogP contribution in [0.2, 0.25) is 0 Å². The van der Waals surface area contributed by atoms with Crippen LogP contribution in [0.5, 0.6) is 5.75 Å². The first-order chi connectivity index (χ1) is 15.5. The molecule has 0 unspecified atom stereocenters. The van der Waals surface area contributed by atoms with Gasteiger partial charge in [-0.2, -0.15) is 0 Å². The minimum Gasteiger partial charge on any atom is -0.497 e. The first-order valence-electron chi connectivity index (χ1n) is 11.6. The number of aryl methyl sites for hydroxylation is 1. The van der Waals surface area contributed by atoms with Gasteiger partial charge < -0.3 is 15.2 Å². The standard InChI is InChI=1S/C16H23NO.C12H13NO/c1-16(18)11-9-15(10-12-16)17-13-5-8-14-6-3-2-4-7-14;1-3-9-6-7-13-12-5-4-10(14-2)8-11(9)12/h2-8,15,17-18H,9-13H2,1H3;4-8H,3H2,1-2H3/b8-5+;. The Labute approximate surface area is 192 Å². The summed E-state index contributed by atoms with van der Waals surface area (Å²) in [6, 6.07) is 18.9. The van der Waals surface area contributed by atoms with Gasteiger partial charge in [0.1, 0.15) is 5.75 Å². The van der Waals surface area contributed by atoms with Gasteiger partial charge in [-0.05, 0) is 74.4 Å². The molecule has 0 spiro atoms. The van der Waals surface area contributed by atoms with Gasteiger partial charge in [0.25, 0.3) is 0 Å². The molecule has 4 rings (SSSR count). The minimum absolute atomic E-state index is 0.432. The number of aromatic nitrogens is 1. The maximum absolute atomic E-state index is 9.87. The maximum atomic E-state index is 9.87. The predicted molar refractivity (Wildman–Crippen MR) is 134 cm³/mol. The van der Waals surface area contributed by atoms with Gasteiger partial charge in [0.05, 0.1) is 18.2 Å². The molecule has 2 N–H and O–H groups in total. The molecule has 32 heavy (non-hydrogen) atoms. The number of rotatable bonds is 6. The fourth-order valence-corrected chi connectivity index (χ4v) is 4.06. The molecule has 3 aromatic rings. The van der Waals surface area contributed by atoms with E-state index in [-0.39, 0.29) is 0 Å². The number of hydrogen-bond acceptors (Lipinski definition) is 4.